The van der Waals surface area contributed by atoms with Gasteiger partial charge in [-0.25, -0.2) is 0 Å². The minimum absolute atomic E-state index is 0.0375. The van der Waals surface area contributed by atoms with Crippen molar-refractivity contribution in [2.75, 3.05) is 0 Å². The molecule has 0 amide bonds. The molecule has 4 fully saturated rings. The maximum absolute atomic E-state index is 13.2. The van der Waals surface area contributed by atoms with Gasteiger partial charge in [0.1, 0.15) is 5.76 Å². The summed E-state index contributed by atoms with van der Waals surface area (Å²) >= 11 is 0. The lowest BCUT2D eigenvalue weighted by molar-refractivity contribution is -0.227. The number of rotatable bonds is 3. The van der Waals surface area contributed by atoms with E-state index in [-0.39, 0.29) is 27.9 Å². The first-order valence-corrected chi connectivity index (χ1v) is 16.0. The Labute approximate surface area is 228 Å². The Morgan fingerprint density at radius 3 is 2.18 bits per heavy atom. The van der Waals surface area contributed by atoms with E-state index in [4.69, 9.17) is 4.18 Å². The lowest BCUT2D eigenvalue weighted by Gasteiger charge is -2.72. The van der Waals surface area contributed by atoms with Crippen LogP contribution in [0.4, 0.5) is 13.2 Å². The van der Waals surface area contributed by atoms with Gasteiger partial charge < -0.3 is 4.18 Å². The van der Waals surface area contributed by atoms with Gasteiger partial charge in [0, 0.05) is 5.41 Å². The number of alkyl halides is 3. The highest BCUT2D eigenvalue weighted by molar-refractivity contribution is 7.87. The average Bonchev–Trinajstić information content (AvgIpc) is 3.13. The Balaban J connectivity index is 1.51. The molecule has 0 N–H and O–H groups in total. The molecule has 216 valence electrons. The fourth-order valence-electron chi connectivity index (χ4n) is 11.4. The predicted octanol–water partition coefficient (Wildman–Crippen LogP) is 9.02. The van der Waals surface area contributed by atoms with Crippen molar-refractivity contribution in [3.63, 3.8) is 0 Å². The maximum Gasteiger partial charge on any atom is 0.534 e. The lowest BCUT2D eigenvalue weighted by Crippen LogP contribution is -2.65. The molecule has 0 aromatic carbocycles. The largest absolute Gasteiger partial charge is 0.534 e. The van der Waals surface area contributed by atoms with Crippen molar-refractivity contribution >= 4 is 10.1 Å². The zero-order valence-electron chi connectivity index (χ0n) is 24.3. The zero-order chi connectivity index (χ0) is 28.3. The molecule has 0 bridgehead atoms. The number of hydrogen-bond donors (Lipinski definition) is 0. The van der Waals surface area contributed by atoms with E-state index in [1.807, 2.05) is 13.8 Å². The Bertz CT molecular complexity index is 1160. The second-order valence-corrected chi connectivity index (χ2v) is 16.9. The van der Waals surface area contributed by atoms with Crippen molar-refractivity contribution in [3.8, 4) is 0 Å². The van der Waals surface area contributed by atoms with Crippen LogP contribution in [0.2, 0.25) is 0 Å². The van der Waals surface area contributed by atoms with Crippen LogP contribution in [0.15, 0.2) is 24.0 Å². The Hall–Kier alpha value is -0.980. The third-order valence-corrected chi connectivity index (χ3v) is 14.4. The maximum atomic E-state index is 13.2. The van der Waals surface area contributed by atoms with Crippen molar-refractivity contribution in [3.05, 3.63) is 24.0 Å². The molecule has 0 heterocycles. The van der Waals surface area contributed by atoms with Crippen LogP contribution >= 0.6 is 0 Å². The summed E-state index contributed by atoms with van der Waals surface area (Å²) < 4.78 is 68.2. The summed E-state index contributed by atoms with van der Waals surface area (Å²) in [5, 5.41) is 0. The van der Waals surface area contributed by atoms with E-state index in [1.165, 1.54) is 37.7 Å². The number of fused-ring (bicyclic) bond motifs is 7. The fourth-order valence-corrected chi connectivity index (χ4v) is 12.0. The van der Waals surface area contributed by atoms with E-state index in [2.05, 4.69) is 41.2 Å². The molecule has 0 radical (unpaired) electrons. The first-order chi connectivity index (χ1) is 17.2. The molecule has 0 unspecified atom stereocenters. The van der Waals surface area contributed by atoms with Crippen LogP contribution in [0.5, 0.6) is 0 Å². The second-order valence-electron chi connectivity index (χ2n) is 15.3. The average molecular weight is 557 g/mol. The topological polar surface area (TPSA) is 43.4 Å². The highest BCUT2D eigenvalue weighted by Crippen LogP contribution is 2.77. The lowest BCUT2D eigenvalue weighted by atomic mass is 9.33. The van der Waals surface area contributed by atoms with Gasteiger partial charge >= 0.3 is 15.6 Å². The highest BCUT2D eigenvalue weighted by Gasteiger charge is 2.70. The van der Waals surface area contributed by atoms with E-state index in [0.29, 0.717) is 35.5 Å². The van der Waals surface area contributed by atoms with E-state index < -0.39 is 21.0 Å². The summed E-state index contributed by atoms with van der Waals surface area (Å²) in [6, 6.07) is 0. The van der Waals surface area contributed by atoms with Crippen LogP contribution < -0.4 is 0 Å². The molecule has 0 aromatic heterocycles. The standard InChI is InChI=1S/C31H47F3O3S/c1-19(2)20-11-14-27(5)17-18-29(7)21(25(20)27)9-10-23-28(6)15-13-24(37-38(35,36)31(32,33)34)26(3,4)22(28)12-16-30(23,29)8/h13,20-23,25H,1,9-12,14-18H2,2-8H3/t20-,21+,22-,23+,25+,27-,28-,29+,30+/m0/s1. The van der Waals surface area contributed by atoms with Crippen LogP contribution in [-0.2, 0) is 14.3 Å². The van der Waals surface area contributed by atoms with Crippen LogP contribution in [-0.4, -0.2) is 13.9 Å². The fraction of sp³-hybridized carbons (Fsp3) is 0.871. The number of allylic oxidation sites excluding steroid dienone is 3. The number of halogens is 3. The van der Waals surface area contributed by atoms with Gasteiger partial charge in [0.2, 0.25) is 0 Å². The van der Waals surface area contributed by atoms with Crippen molar-refractivity contribution in [1.82, 2.24) is 0 Å². The van der Waals surface area contributed by atoms with Crippen molar-refractivity contribution in [1.29, 1.82) is 0 Å². The molecule has 5 aliphatic rings. The minimum atomic E-state index is -5.69. The molecule has 4 saturated carbocycles. The normalized spacial score (nSPS) is 48.2. The number of hydrogen-bond acceptors (Lipinski definition) is 3. The zero-order valence-corrected chi connectivity index (χ0v) is 25.1. The van der Waals surface area contributed by atoms with E-state index in [0.717, 1.165) is 19.3 Å². The summed E-state index contributed by atoms with van der Waals surface area (Å²) in [4.78, 5) is 0. The first-order valence-electron chi connectivity index (χ1n) is 14.6. The smallest absolute Gasteiger partial charge is 0.380 e. The summed E-state index contributed by atoms with van der Waals surface area (Å²) in [5.74, 6) is 2.39. The van der Waals surface area contributed by atoms with Gasteiger partial charge in [0.05, 0.1) is 0 Å². The van der Waals surface area contributed by atoms with Gasteiger partial charge in [-0.1, -0.05) is 53.7 Å². The molecule has 7 heteroatoms. The highest BCUT2D eigenvalue weighted by atomic mass is 32.2. The van der Waals surface area contributed by atoms with Gasteiger partial charge in [-0.15, -0.1) is 0 Å². The van der Waals surface area contributed by atoms with Gasteiger partial charge in [-0.2, -0.15) is 21.6 Å². The second kappa shape index (κ2) is 8.28. The first kappa shape index (κ1) is 28.5. The van der Waals surface area contributed by atoms with Crippen LogP contribution in [0.1, 0.15) is 106 Å². The molecule has 3 nitrogen and oxygen atoms in total. The molecule has 0 saturated heterocycles. The Morgan fingerprint density at radius 2 is 1.58 bits per heavy atom. The van der Waals surface area contributed by atoms with Crippen LogP contribution in [0, 0.1) is 56.7 Å². The van der Waals surface area contributed by atoms with E-state index in [9.17, 15) is 21.6 Å². The summed E-state index contributed by atoms with van der Waals surface area (Å²) in [6.45, 7) is 20.3. The molecular formula is C31H47F3O3S. The van der Waals surface area contributed by atoms with Crippen molar-refractivity contribution in [2.45, 2.75) is 112 Å². The van der Waals surface area contributed by atoms with Gasteiger partial charge in [-0.3, -0.25) is 0 Å². The van der Waals surface area contributed by atoms with Crippen molar-refractivity contribution in [2.24, 2.45) is 56.7 Å². The van der Waals surface area contributed by atoms with Crippen LogP contribution in [0.25, 0.3) is 0 Å². The monoisotopic (exact) mass is 556 g/mol. The Morgan fingerprint density at radius 1 is 0.921 bits per heavy atom. The molecular weight excluding hydrogens is 509 g/mol. The SMILES string of the molecule is C=C(C)[C@@H]1CC[C@@]2(C)CC[C@]3(C)[C@H](CC[C@@H]4[C@@]5(C)CC=C(OS(=O)(=O)C(F)(F)F)C(C)(C)[C@@H]5CC[C@]43C)[C@@H]12. The summed E-state index contributed by atoms with van der Waals surface area (Å²) in [6.07, 6.45) is 11.5. The van der Waals surface area contributed by atoms with Crippen molar-refractivity contribution < 1.29 is 25.8 Å². The molecule has 5 rings (SSSR count). The molecule has 0 aliphatic heterocycles. The third kappa shape index (κ3) is 3.61. The van der Waals surface area contributed by atoms with E-state index in [1.54, 1.807) is 6.08 Å². The van der Waals surface area contributed by atoms with Crippen LogP contribution in [0.3, 0.4) is 0 Å². The predicted molar refractivity (Wildman–Crippen MR) is 144 cm³/mol. The molecule has 0 spiro atoms. The third-order valence-electron chi connectivity index (χ3n) is 13.5. The summed E-state index contributed by atoms with van der Waals surface area (Å²) in [5.41, 5.74) is -4.28. The molecule has 0 aromatic rings. The Kier molecular flexibility index (Phi) is 6.22. The molecule has 38 heavy (non-hydrogen) atoms. The molecule has 5 aliphatic carbocycles. The summed E-state index contributed by atoms with van der Waals surface area (Å²) in [7, 11) is -5.69. The quantitative estimate of drug-likeness (QED) is 0.198. The minimum Gasteiger partial charge on any atom is -0.380 e. The molecule has 9 atom stereocenters. The van der Waals surface area contributed by atoms with E-state index >= 15 is 0 Å². The van der Waals surface area contributed by atoms with Gasteiger partial charge in [0.15, 0.2) is 0 Å². The van der Waals surface area contributed by atoms with Gasteiger partial charge in [0.25, 0.3) is 0 Å². The van der Waals surface area contributed by atoms with Gasteiger partial charge in [-0.05, 0) is 122 Å².